The van der Waals surface area contributed by atoms with E-state index in [4.69, 9.17) is 5.84 Å². The maximum Gasteiger partial charge on any atom is 0.234 e. The molecule has 6 nitrogen and oxygen atoms in total. The molecule has 3 aromatic rings. The van der Waals surface area contributed by atoms with Gasteiger partial charge in [0.25, 0.3) is 0 Å². The first-order chi connectivity index (χ1) is 14.3. The maximum absolute atomic E-state index is 12.7. The number of carbonyl (C=O) groups is 1. The van der Waals surface area contributed by atoms with E-state index in [0.29, 0.717) is 22.8 Å². The van der Waals surface area contributed by atoms with Crippen LogP contribution in [0.5, 0.6) is 0 Å². The zero-order chi connectivity index (χ0) is 21.8. The Morgan fingerprint density at radius 2 is 1.67 bits per heavy atom. The van der Waals surface area contributed by atoms with Crippen LogP contribution in [0.15, 0.2) is 47.6 Å². The smallest absolute Gasteiger partial charge is 0.234 e. The highest BCUT2D eigenvalue weighted by Gasteiger charge is 2.18. The van der Waals surface area contributed by atoms with Crippen molar-refractivity contribution in [1.29, 1.82) is 0 Å². The van der Waals surface area contributed by atoms with Gasteiger partial charge >= 0.3 is 0 Å². The predicted molar refractivity (Wildman–Crippen MR) is 124 cm³/mol. The van der Waals surface area contributed by atoms with Crippen molar-refractivity contribution in [2.24, 2.45) is 0 Å². The van der Waals surface area contributed by atoms with Crippen LogP contribution in [0.2, 0.25) is 0 Å². The lowest BCUT2D eigenvalue weighted by Gasteiger charge is -2.20. The molecule has 0 saturated carbocycles. The fraction of sp³-hybridized carbons (Fsp3) is 0.348. The van der Waals surface area contributed by atoms with Gasteiger partial charge in [0.15, 0.2) is 5.82 Å². The third-order valence-electron chi connectivity index (χ3n) is 5.02. The Morgan fingerprint density at radius 1 is 1.03 bits per heavy atom. The van der Waals surface area contributed by atoms with Crippen LogP contribution in [0.4, 0.5) is 5.69 Å². The number of rotatable bonds is 7. The molecule has 0 bridgehead atoms. The van der Waals surface area contributed by atoms with E-state index in [0.717, 1.165) is 27.9 Å². The molecule has 1 aromatic heterocycles. The summed E-state index contributed by atoms with van der Waals surface area (Å²) in [6, 6.07) is 14.1. The Hall–Kier alpha value is -2.80. The number of anilines is 1. The van der Waals surface area contributed by atoms with Gasteiger partial charge in [-0.2, -0.15) is 0 Å². The molecule has 0 aliphatic rings. The summed E-state index contributed by atoms with van der Waals surface area (Å²) in [6.45, 7) is 10.5. The summed E-state index contributed by atoms with van der Waals surface area (Å²) in [7, 11) is 0. The van der Waals surface area contributed by atoms with Crippen LogP contribution in [0.25, 0.3) is 11.4 Å². The van der Waals surface area contributed by atoms with E-state index in [1.54, 1.807) is 0 Å². The normalized spacial score (nSPS) is 11.3. The molecule has 0 radical (unpaired) electrons. The van der Waals surface area contributed by atoms with Crippen molar-refractivity contribution in [1.82, 2.24) is 14.9 Å². The Labute approximate surface area is 182 Å². The Balaban J connectivity index is 1.75. The van der Waals surface area contributed by atoms with Crippen molar-refractivity contribution in [3.05, 3.63) is 59.2 Å². The number of aromatic nitrogens is 3. The quantitative estimate of drug-likeness (QED) is 0.415. The first-order valence-corrected chi connectivity index (χ1v) is 11.1. The van der Waals surface area contributed by atoms with Crippen LogP contribution in [0, 0.1) is 6.92 Å². The van der Waals surface area contributed by atoms with Gasteiger partial charge in [-0.15, -0.1) is 10.2 Å². The standard InChI is InChI=1S/C23H29N5OS/c1-14(2)17-11-8-12-18(15(3)4)21(17)25-20(29)13-30-23-27-26-22(28(23)24)19-10-7-6-9-16(19)5/h6-12,14-15H,13,24H2,1-5H3,(H,25,29). The number of aryl methyl sites for hydroxylation is 1. The molecule has 0 unspecified atom stereocenters. The van der Waals surface area contributed by atoms with Crippen LogP contribution >= 0.6 is 11.8 Å². The lowest BCUT2D eigenvalue weighted by molar-refractivity contribution is -0.113. The molecule has 0 fully saturated rings. The third kappa shape index (κ3) is 4.67. The highest BCUT2D eigenvalue weighted by molar-refractivity contribution is 7.99. The van der Waals surface area contributed by atoms with E-state index in [9.17, 15) is 4.79 Å². The van der Waals surface area contributed by atoms with E-state index in [1.165, 1.54) is 16.4 Å². The van der Waals surface area contributed by atoms with Crippen LogP contribution in [-0.4, -0.2) is 26.5 Å². The summed E-state index contributed by atoms with van der Waals surface area (Å²) in [6.07, 6.45) is 0. The van der Waals surface area contributed by atoms with Crippen molar-refractivity contribution in [2.75, 3.05) is 16.9 Å². The molecule has 0 saturated heterocycles. The van der Waals surface area contributed by atoms with Gasteiger partial charge < -0.3 is 11.2 Å². The van der Waals surface area contributed by atoms with Crippen LogP contribution in [-0.2, 0) is 4.79 Å². The summed E-state index contributed by atoms with van der Waals surface area (Å²) >= 11 is 1.28. The molecule has 2 aromatic carbocycles. The van der Waals surface area contributed by atoms with Gasteiger partial charge in [0, 0.05) is 11.3 Å². The second kappa shape index (κ2) is 9.34. The van der Waals surface area contributed by atoms with E-state index >= 15 is 0 Å². The fourth-order valence-electron chi connectivity index (χ4n) is 3.38. The number of para-hydroxylation sites is 1. The van der Waals surface area contributed by atoms with Gasteiger partial charge in [0.2, 0.25) is 11.1 Å². The van der Waals surface area contributed by atoms with Crippen molar-refractivity contribution >= 4 is 23.4 Å². The minimum atomic E-state index is -0.0876. The zero-order valence-corrected chi connectivity index (χ0v) is 19.0. The largest absolute Gasteiger partial charge is 0.335 e. The minimum Gasteiger partial charge on any atom is -0.335 e. The highest BCUT2D eigenvalue weighted by Crippen LogP contribution is 2.32. The number of nitrogens with zero attached hydrogens (tertiary/aromatic N) is 3. The summed E-state index contributed by atoms with van der Waals surface area (Å²) in [4.78, 5) is 12.7. The molecule has 7 heteroatoms. The Bertz CT molecular complexity index is 1020. The topological polar surface area (TPSA) is 85.8 Å². The molecule has 3 rings (SSSR count). The van der Waals surface area contributed by atoms with E-state index < -0.39 is 0 Å². The number of nitrogens with two attached hydrogens (primary N) is 1. The number of nitrogens with one attached hydrogen (secondary N) is 1. The number of benzene rings is 2. The second-order valence-electron chi connectivity index (χ2n) is 7.95. The molecule has 3 N–H and O–H groups in total. The number of thioether (sulfide) groups is 1. The van der Waals surface area contributed by atoms with Crippen LogP contribution in [0.1, 0.15) is 56.2 Å². The molecule has 30 heavy (non-hydrogen) atoms. The number of hydrogen-bond donors (Lipinski definition) is 2. The van der Waals surface area contributed by atoms with Crippen molar-refractivity contribution in [2.45, 2.75) is 51.6 Å². The number of hydrogen-bond acceptors (Lipinski definition) is 5. The molecule has 1 amide bonds. The summed E-state index contributed by atoms with van der Waals surface area (Å²) < 4.78 is 1.45. The maximum atomic E-state index is 12.7. The molecule has 1 heterocycles. The van der Waals surface area contributed by atoms with Gasteiger partial charge in [-0.3, -0.25) is 4.79 Å². The average molecular weight is 424 g/mol. The van der Waals surface area contributed by atoms with Crippen LogP contribution < -0.4 is 11.2 Å². The lowest BCUT2D eigenvalue weighted by atomic mass is 9.92. The van der Waals surface area contributed by atoms with Crippen molar-refractivity contribution in [3.8, 4) is 11.4 Å². The van der Waals surface area contributed by atoms with Gasteiger partial charge in [0.1, 0.15) is 0 Å². The molecule has 0 aliphatic heterocycles. The van der Waals surface area contributed by atoms with E-state index in [1.807, 2.05) is 31.2 Å². The average Bonchev–Trinajstić information content (AvgIpc) is 3.06. The first kappa shape index (κ1) is 21.9. The van der Waals surface area contributed by atoms with Gasteiger partial charge in [-0.05, 0) is 35.4 Å². The van der Waals surface area contributed by atoms with Gasteiger partial charge in [-0.1, -0.05) is 81.9 Å². The highest BCUT2D eigenvalue weighted by atomic mass is 32.2. The second-order valence-corrected chi connectivity index (χ2v) is 8.89. The predicted octanol–water partition coefficient (Wildman–Crippen LogP) is 4.94. The minimum absolute atomic E-state index is 0.0876. The molecular formula is C23H29N5OS. The number of nitrogen functional groups attached to an aromatic ring is 1. The molecule has 0 atom stereocenters. The van der Waals surface area contributed by atoms with Gasteiger partial charge in [-0.25, -0.2) is 4.68 Å². The first-order valence-electron chi connectivity index (χ1n) is 10.1. The van der Waals surface area contributed by atoms with Crippen molar-refractivity contribution in [3.63, 3.8) is 0 Å². The molecule has 0 aliphatic carbocycles. The molecular weight excluding hydrogens is 394 g/mol. The zero-order valence-electron chi connectivity index (χ0n) is 18.1. The summed E-state index contributed by atoms with van der Waals surface area (Å²) in [5.74, 6) is 7.54. The molecule has 0 spiro atoms. The lowest BCUT2D eigenvalue weighted by Crippen LogP contribution is -2.19. The monoisotopic (exact) mass is 423 g/mol. The third-order valence-corrected chi connectivity index (χ3v) is 5.96. The van der Waals surface area contributed by atoms with E-state index in [-0.39, 0.29) is 11.7 Å². The van der Waals surface area contributed by atoms with Gasteiger partial charge in [0.05, 0.1) is 5.75 Å². The Kier molecular flexibility index (Phi) is 6.82. The Morgan fingerprint density at radius 3 is 2.27 bits per heavy atom. The SMILES string of the molecule is Cc1ccccc1-c1nnc(SCC(=O)Nc2c(C(C)C)cccc2C(C)C)n1N. The van der Waals surface area contributed by atoms with Crippen molar-refractivity contribution < 1.29 is 4.79 Å². The van der Waals surface area contributed by atoms with E-state index in [2.05, 4.69) is 61.4 Å². The summed E-state index contributed by atoms with van der Waals surface area (Å²) in [5.41, 5.74) is 5.20. The number of amides is 1. The van der Waals surface area contributed by atoms with Crippen LogP contribution in [0.3, 0.4) is 0 Å². The summed E-state index contributed by atoms with van der Waals surface area (Å²) in [5, 5.41) is 12.0. The fourth-order valence-corrected chi connectivity index (χ4v) is 4.04. The molecule has 158 valence electrons. The number of carbonyl (C=O) groups excluding carboxylic acids is 1.